The van der Waals surface area contributed by atoms with Gasteiger partial charge in [-0.15, -0.1) is 0 Å². The van der Waals surface area contributed by atoms with Crippen molar-refractivity contribution < 1.29 is 13.2 Å². The summed E-state index contributed by atoms with van der Waals surface area (Å²) in [7, 11) is -3.76. The fourth-order valence-electron chi connectivity index (χ4n) is 2.51. The largest absolute Gasteiger partial charge is 0.322 e. The SMILES string of the molecule is Cc1ccccc1NS(=O)(=O)c1ccc(C(=O)Nc2ccc(C#N)cc2)cc1. The van der Waals surface area contributed by atoms with Crippen LogP contribution in [-0.2, 0) is 10.0 Å². The van der Waals surface area contributed by atoms with Crippen molar-refractivity contribution in [3.8, 4) is 6.07 Å². The lowest BCUT2D eigenvalue weighted by atomic mass is 10.2. The van der Waals surface area contributed by atoms with E-state index in [4.69, 9.17) is 5.26 Å². The van der Waals surface area contributed by atoms with Crippen LogP contribution in [-0.4, -0.2) is 14.3 Å². The fraction of sp³-hybridized carbons (Fsp3) is 0.0476. The maximum absolute atomic E-state index is 12.5. The van der Waals surface area contributed by atoms with E-state index in [0.717, 1.165) is 5.56 Å². The number of hydrogen-bond donors (Lipinski definition) is 2. The Morgan fingerprint density at radius 3 is 2.18 bits per heavy atom. The lowest BCUT2D eigenvalue weighted by molar-refractivity contribution is 0.102. The summed E-state index contributed by atoms with van der Waals surface area (Å²) in [5.74, 6) is -0.375. The lowest BCUT2D eigenvalue weighted by Crippen LogP contribution is -2.15. The Kier molecular flexibility index (Phi) is 5.43. The minimum atomic E-state index is -3.76. The Bertz CT molecular complexity index is 1150. The molecule has 0 aliphatic carbocycles. The van der Waals surface area contributed by atoms with E-state index in [9.17, 15) is 13.2 Å². The van der Waals surface area contributed by atoms with Gasteiger partial charge in [0.1, 0.15) is 0 Å². The highest BCUT2D eigenvalue weighted by atomic mass is 32.2. The number of hydrogen-bond acceptors (Lipinski definition) is 4. The molecular weight excluding hydrogens is 374 g/mol. The quantitative estimate of drug-likeness (QED) is 0.688. The van der Waals surface area contributed by atoms with Crippen LogP contribution in [0, 0.1) is 18.3 Å². The van der Waals surface area contributed by atoms with Gasteiger partial charge in [0, 0.05) is 11.3 Å². The summed E-state index contributed by atoms with van der Waals surface area (Å²) in [5, 5.41) is 11.5. The van der Waals surface area contributed by atoms with Crippen LogP contribution in [0.3, 0.4) is 0 Å². The third-order valence-electron chi connectivity index (χ3n) is 4.09. The molecule has 3 aromatic rings. The predicted molar refractivity (Wildman–Crippen MR) is 108 cm³/mol. The third-order valence-corrected chi connectivity index (χ3v) is 5.47. The third kappa shape index (κ3) is 4.37. The molecular formula is C21H17N3O3S. The summed E-state index contributed by atoms with van der Waals surface area (Å²) in [6.45, 7) is 1.81. The van der Waals surface area contributed by atoms with Gasteiger partial charge in [0.2, 0.25) is 0 Å². The first-order valence-electron chi connectivity index (χ1n) is 8.39. The van der Waals surface area contributed by atoms with Crippen LogP contribution in [0.1, 0.15) is 21.5 Å². The molecule has 0 saturated heterocycles. The molecule has 0 aliphatic rings. The van der Waals surface area contributed by atoms with Gasteiger partial charge in [0.25, 0.3) is 15.9 Å². The number of para-hydroxylation sites is 1. The van der Waals surface area contributed by atoms with E-state index in [0.29, 0.717) is 22.5 Å². The second kappa shape index (κ2) is 7.94. The van der Waals surface area contributed by atoms with Gasteiger partial charge in [-0.25, -0.2) is 8.42 Å². The van der Waals surface area contributed by atoms with Crippen molar-refractivity contribution in [1.82, 2.24) is 0 Å². The Hall–Kier alpha value is -3.63. The number of nitrogens with zero attached hydrogens (tertiary/aromatic N) is 1. The van der Waals surface area contributed by atoms with Gasteiger partial charge in [0.15, 0.2) is 0 Å². The number of nitriles is 1. The molecule has 0 aliphatic heterocycles. The first-order valence-corrected chi connectivity index (χ1v) is 9.87. The number of nitrogens with one attached hydrogen (secondary N) is 2. The van der Waals surface area contributed by atoms with Crippen molar-refractivity contribution in [3.63, 3.8) is 0 Å². The molecule has 6 nitrogen and oxygen atoms in total. The van der Waals surface area contributed by atoms with E-state index in [-0.39, 0.29) is 10.8 Å². The highest BCUT2D eigenvalue weighted by Crippen LogP contribution is 2.20. The molecule has 0 fully saturated rings. The van der Waals surface area contributed by atoms with Gasteiger partial charge in [-0.2, -0.15) is 5.26 Å². The Labute approximate surface area is 163 Å². The summed E-state index contributed by atoms with van der Waals surface area (Å²) in [6.07, 6.45) is 0. The molecule has 3 aromatic carbocycles. The van der Waals surface area contributed by atoms with Gasteiger partial charge in [-0.05, 0) is 67.1 Å². The standard InChI is InChI=1S/C21H17N3O3S/c1-15-4-2-3-5-20(15)24-28(26,27)19-12-8-17(9-13-19)21(25)23-18-10-6-16(14-22)7-11-18/h2-13,24H,1H3,(H,23,25). The van der Waals surface area contributed by atoms with Crippen LogP contribution in [0.25, 0.3) is 0 Å². The van der Waals surface area contributed by atoms with E-state index in [1.54, 1.807) is 36.4 Å². The van der Waals surface area contributed by atoms with E-state index in [2.05, 4.69) is 10.0 Å². The summed E-state index contributed by atoms with van der Waals surface area (Å²) in [5.41, 5.74) is 2.67. The average Bonchev–Trinajstić information content (AvgIpc) is 2.70. The topological polar surface area (TPSA) is 99.1 Å². The molecule has 140 valence electrons. The molecule has 7 heteroatoms. The maximum atomic E-state index is 12.5. The van der Waals surface area contributed by atoms with Crippen LogP contribution >= 0.6 is 0 Å². The van der Waals surface area contributed by atoms with Gasteiger partial charge in [0.05, 0.1) is 22.2 Å². The summed E-state index contributed by atoms with van der Waals surface area (Å²) >= 11 is 0. The smallest absolute Gasteiger partial charge is 0.261 e. The summed E-state index contributed by atoms with van der Waals surface area (Å²) < 4.78 is 27.6. The monoisotopic (exact) mass is 391 g/mol. The molecule has 0 unspecified atom stereocenters. The van der Waals surface area contributed by atoms with Crippen molar-refractivity contribution in [1.29, 1.82) is 5.26 Å². The first kappa shape index (κ1) is 19.1. The number of amides is 1. The van der Waals surface area contributed by atoms with Crippen molar-refractivity contribution in [2.24, 2.45) is 0 Å². The molecule has 0 heterocycles. The molecule has 0 spiro atoms. The minimum absolute atomic E-state index is 0.0608. The molecule has 28 heavy (non-hydrogen) atoms. The van der Waals surface area contributed by atoms with Crippen molar-refractivity contribution in [2.75, 3.05) is 10.0 Å². The number of aryl methyl sites for hydroxylation is 1. The number of carbonyl (C=O) groups excluding carboxylic acids is 1. The molecule has 3 rings (SSSR count). The number of sulfonamides is 1. The Balaban J connectivity index is 1.74. The minimum Gasteiger partial charge on any atom is -0.322 e. The number of anilines is 2. The molecule has 0 aromatic heterocycles. The number of rotatable bonds is 5. The molecule has 2 N–H and O–H groups in total. The second-order valence-corrected chi connectivity index (χ2v) is 7.77. The molecule has 0 saturated carbocycles. The van der Waals surface area contributed by atoms with E-state index < -0.39 is 10.0 Å². The molecule has 0 atom stereocenters. The summed E-state index contributed by atoms with van der Waals surface area (Å²) in [4.78, 5) is 12.4. The fourth-order valence-corrected chi connectivity index (χ4v) is 3.64. The van der Waals surface area contributed by atoms with Crippen molar-refractivity contribution in [3.05, 3.63) is 89.5 Å². The van der Waals surface area contributed by atoms with Gasteiger partial charge >= 0.3 is 0 Å². The number of carbonyl (C=O) groups is 1. The van der Waals surface area contributed by atoms with Crippen molar-refractivity contribution in [2.45, 2.75) is 11.8 Å². The molecule has 0 bridgehead atoms. The van der Waals surface area contributed by atoms with Crippen LogP contribution in [0.4, 0.5) is 11.4 Å². The van der Waals surface area contributed by atoms with Crippen LogP contribution in [0.5, 0.6) is 0 Å². The lowest BCUT2D eigenvalue weighted by Gasteiger charge is -2.11. The van der Waals surface area contributed by atoms with Crippen molar-refractivity contribution >= 4 is 27.3 Å². The van der Waals surface area contributed by atoms with Gasteiger partial charge < -0.3 is 5.32 Å². The maximum Gasteiger partial charge on any atom is 0.261 e. The molecule has 1 amide bonds. The van der Waals surface area contributed by atoms with Gasteiger partial charge in [-0.1, -0.05) is 18.2 Å². The van der Waals surface area contributed by atoms with E-state index in [1.807, 2.05) is 25.1 Å². The first-order chi connectivity index (χ1) is 13.4. The summed E-state index contributed by atoms with van der Waals surface area (Å²) in [6, 6.07) is 21.2. The Morgan fingerprint density at radius 1 is 0.929 bits per heavy atom. The van der Waals surface area contributed by atoms with E-state index in [1.165, 1.54) is 24.3 Å². The zero-order chi connectivity index (χ0) is 20.1. The van der Waals surface area contributed by atoms with Crippen LogP contribution < -0.4 is 10.0 Å². The number of benzene rings is 3. The van der Waals surface area contributed by atoms with Crippen LogP contribution in [0.15, 0.2) is 77.7 Å². The normalized spacial score (nSPS) is 10.7. The second-order valence-electron chi connectivity index (χ2n) is 6.09. The van der Waals surface area contributed by atoms with Gasteiger partial charge in [-0.3, -0.25) is 9.52 Å². The van der Waals surface area contributed by atoms with E-state index >= 15 is 0 Å². The zero-order valence-corrected chi connectivity index (χ0v) is 15.8. The zero-order valence-electron chi connectivity index (χ0n) is 15.0. The predicted octanol–water partition coefficient (Wildman–Crippen LogP) is 3.92. The highest BCUT2D eigenvalue weighted by molar-refractivity contribution is 7.92. The van der Waals surface area contributed by atoms with Crippen LogP contribution in [0.2, 0.25) is 0 Å². The Morgan fingerprint density at radius 2 is 1.57 bits per heavy atom. The molecule has 0 radical (unpaired) electrons. The highest BCUT2D eigenvalue weighted by Gasteiger charge is 2.16. The average molecular weight is 391 g/mol.